The SMILES string of the molecule is Cc1ccc(-c2cc(F)c(C)c(F)c2)c(C)c1. The van der Waals surface area contributed by atoms with Crippen LogP contribution >= 0.6 is 0 Å². The normalized spacial score (nSPS) is 10.6. The minimum absolute atomic E-state index is 0.0681. The zero-order valence-electron chi connectivity index (χ0n) is 10.1. The molecule has 2 rings (SSSR count). The topological polar surface area (TPSA) is 0 Å². The molecule has 17 heavy (non-hydrogen) atoms. The molecule has 0 bridgehead atoms. The predicted octanol–water partition coefficient (Wildman–Crippen LogP) is 4.56. The van der Waals surface area contributed by atoms with Gasteiger partial charge >= 0.3 is 0 Å². The van der Waals surface area contributed by atoms with E-state index in [1.165, 1.54) is 19.1 Å². The van der Waals surface area contributed by atoms with Crippen molar-refractivity contribution in [1.82, 2.24) is 0 Å². The number of hydrogen-bond donors (Lipinski definition) is 0. The lowest BCUT2D eigenvalue weighted by atomic mass is 9.97. The van der Waals surface area contributed by atoms with Crippen LogP contribution in [0.15, 0.2) is 30.3 Å². The fourth-order valence-electron chi connectivity index (χ4n) is 1.94. The van der Waals surface area contributed by atoms with E-state index in [9.17, 15) is 8.78 Å². The average Bonchev–Trinajstić information content (AvgIpc) is 2.25. The van der Waals surface area contributed by atoms with E-state index in [0.29, 0.717) is 5.56 Å². The molecule has 0 heterocycles. The molecule has 0 N–H and O–H groups in total. The third-order valence-corrected chi connectivity index (χ3v) is 2.97. The van der Waals surface area contributed by atoms with E-state index < -0.39 is 11.6 Å². The van der Waals surface area contributed by atoms with Crippen LogP contribution < -0.4 is 0 Å². The van der Waals surface area contributed by atoms with Crippen molar-refractivity contribution in [2.75, 3.05) is 0 Å². The molecule has 0 amide bonds. The number of halogens is 2. The lowest BCUT2D eigenvalue weighted by Crippen LogP contribution is -1.92. The Balaban J connectivity index is 2.61. The Labute approximate surface area is 99.9 Å². The minimum Gasteiger partial charge on any atom is -0.207 e. The van der Waals surface area contributed by atoms with Gasteiger partial charge in [0.15, 0.2) is 0 Å². The summed E-state index contributed by atoms with van der Waals surface area (Å²) in [7, 11) is 0. The van der Waals surface area contributed by atoms with Gasteiger partial charge in [0, 0.05) is 5.56 Å². The fraction of sp³-hybridized carbons (Fsp3) is 0.200. The van der Waals surface area contributed by atoms with Crippen molar-refractivity contribution in [3.8, 4) is 11.1 Å². The smallest absolute Gasteiger partial charge is 0.129 e. The standard InChI is InChI=1S/C15H14F2/c1-9-4-5-13(10(2)6-9)12-7-14(16)11(3)15(17)8-12/h4-8H,1-3H3. The summed E-state index contributed by atoms with van der Waals surface area (Å²) in [6, 6.07) is 8.61. The maximum absolute atomic E-state index is 13.5. The van der Waals surface area contributed by atoms with E-state index in [0.717, 1.165) is 16.7 Å². The van der Waals surface area contributed by atoms with Crippen LogP contribution in [-0.4, -0.2) is 0 Å². The van der Waals surface area contributed by atoms with Gasteiger partial charge in [-0.2, -0.15) is 0 Å². The molecule has 0 saturated carbocycles. The van der Waals surface area contributed by atoms with E-state index in [4.69, 9.17) is 0 Å². The summed E-state index contributed by atoms with van der Waals surface area (Å²) in [5.74, 6) is -1.00. The minimum atomic E-state index is -0.500. The Morgan fingerprint density at radius 2 is 1.41 bits per heavy atom. The molecule has 0 radical (unpaired) electrons. The van der Waals surface area contributed by atoms with E-state index in [1.54, 1.807) is 0 Å². The summed E-state index contributed by atoms with van der Waals surface area (Å²) >= 11 is 0. The number of rotatable bonds is 1. The average molecular weight is 232 g/mol. The quantitative estimate of drug-likeness (QED) is 0.676. The Morgan fingerprint density at radius 1 is 0.824 bits per heavy atom. The second-order valence-corrected chi connectivity index (χ2v) is 4.38. The van der Waals surface area contributed by atoms with Crippen molar-refractivity contribution in [2.45, 2.75) is 20.8 Å². The van der Waals surface area contributed by atoms with Crippen molar-refractivity contribution < 1.29 is 8.78 Å². The molecule has 2 aromatic carbocycles. The van der Waals surface area contributed by atoms with Gasteiger partial charge in [-0.3, -0.25) is 0 Å². The van der Waals surface area contributed by atoms with Gasteiger partial charge in [-0.1, -0.05) is 23.8 Å². The maximum atomic E-state index is 13.5. The van der Waals surface area contributed by atoms with Crippen LogP contribution in [-0.2, 0) is 0 Å². The highest BCUT2D eigenvalue weighted by molar-refractivity contribution is 5.68. The molecule has 0 nitrogen and oxygen atoms in total. The zero-order chi connectivity index (χ0) is 12.6. The molecule has 0 aliphatic heterocycles. The van der Waals surface area contributed by atoms with E-state index >= 15 is 0 Å². The molecule has 0 fully saturated rings. The van der Waals surface area contributed by atoms with Crippen molar-refractivity contribution in [3.05, 3.63) is 58.7 Å². The van der Waals surface area contributed by atoms with Crippen LogP contribution in [0.25, 0.3) is 11.1 Å². The summed E-state index contributed by atoms with van der Waals surface area (Å²) in [4.78, 5) is 0. The molecule has 0 saturated heterocycles. The Kier molecular flexibility index (Phi) is 2.97. The molecule has 0 aliphatic rings. The van der Waals surface area contributed by atoms with Gasteiger partial charge in [0.25, 0.3) is 0 Å². The largest absolute Gasteiger partial charge is 0.207 e. The van der Waals surface area contributed by atoms with Crippen LogP contribution in [0.1, 0.15) is 16.7 Å². The second-order valence-electron chi connectivity index (χ2n) is 4.38. The first-order valence-electron chi connectivity index (χ1n) is 5.52. The molecule has 0 atom stereocenters. The van der Waals surface area contributed by atoms with E-state index in [-0.39, 0.29) is 5.56 Å². The van der Waals surface area contributed by atoms with Crippen molar-refractivity contribution >= 4 is 0 Å². The number of aryl methyl sites for hydroxylation is 2. The highest BCUT2D eigenvalue weighted by atomic mass is 19.1. The Bertz CT molecular complexity index is 548. The summed E-state index contributed by atoms with van der Waals surface area (Å²) in [6.45, 7) is 5.38. The summed E-state index contributed by atoms with van der Waals surface area (Å²) < 4.78 is 27.0. The van der Waals surface area contributed by atoms with Gasteiger partial charge in [-0.15, -0.1) is 0 Å². The molecular formula is C15H14F2. The maximum Gasteiger partial charge on any atom is 0.129 e. The van der Waals surface area contributed by atoms with Gasteiger partial charge in [0.05, 0.1) is 0 Å². The van der Waals surface area contributed by atoms with Gasteiger partial charge < -0.3 is 0 Å². The van der Waals surface area contributed by atoms with Gasteiger partial charge in [-0.25, -0.2) is 8.78 Å². The fourth-order valence-corrected chi connectivity index (χ4v) is 1.94. The van der Waals surface area contributed by atoms with Gasteiger partial charge in [0.1, 0.15) is 11.6 Å². The molecule has 2 aromatic rings. The molecule has 0 spiro atoms. The summed E-state index contributed by atoms with van der Waals surface area (Å²) in [5.41, 5.74) is 3.68. The molecule has 0 unspecified atom stereocenters. The predicted molar refractivity (Wildman–Crippen MR) is 66.0 cm³/mol. The number of benzene rings is 2. The first kappa shape index (κ1) is 11.8. The lowest BCUT2D eigenvalue weighted by molar-refractivity contribution is 0.569. The molecule has 88 valence electrons. The second kappa shape index (κ2) is 4.28. The van der Waals surface area contributed by atoms with Crippen LogP contribution in [0.4, 0.5) is 8.78 Å². The summed E-state index contributed by atoms with van der Waals surface area (Å²) in [6.07, 6.45) is 0. The van der Waals surface area contributed by atoms with Crippen LogP contribution in [0, 0.1) is 32.4 Å². The molecule has 0 aromatic heterocycles. The van der Waals surface area contributed by atoms with E-state index in [2.05, 4.69) is 0 Å². The van der Waals surface area contributed by atoms with Crippen LogP contribution in [0.3, 0.4) is 0 Å². The molecule has 0 aliphatic carbocycles. The summed E-state index contributed by atoms with van der Waals surface area (Å²) in [5, 5.41) is 0. The first-order valence-corrected chi connectivity index (χ1v) is 5.52. The monoisotopic (exact) mass is 232 g/mol. The van der Waals surface area contributed by atoms with Crippen molar-refractivity contribution in [3.63, 3.8) is 0 Å². The highest BCUT2D eigenvalue weighted by Crippen LogP contribution is 2.27. The lowest BCUT2D eigenvalue weighted by Gasteiger charge is -2.09. The van der Waals surface area contributed by atoms with Crippen LogP contribution in [0.5, 0.6) is 0 Å². The molecule has 2 heteroatoms. The highest BCUT2D eigenvalue weighted by Gasteiger charge is 2.09. The zero-order valence-corrected chi connectivity index (χ0v) is 10.1. The number of hydrogen-bond acceptors (Lipinski definition) is 0. The van der Waals surface area contributed by atoms with Crippen molar-refractivity contribution in [1.29, 1.82) is 0 Å². The first-order chi connectivity index (χ1) is 7.99. The Morgan fingerprint density at radius 3 is 1.94 bits per heavy atom. The van der Waals surface area contributed by atoms with Crippen molar-refractivity contribution in [2.24, 2.45) is 0 Å². The Hall–Kier alpha value is -1.70. The van der Waals surface area contributed by atoms with Crippen LogP contribution in [0.2, 0.25) is 0 Å². The third kappa shape index (κ3) is 2.21. The van der Waals surface area contributed by atoms with Gasteiger partial charge in [0.2, 0.25) is 0 Å². The molecular weight excluding hydrogens is 218 g/mol. The van der Waals surface area contributed by atoms with E-state index in [1.807, 2.05) is 32.0 Å². The van der Waals surface area contributed by atoms with Gasteiger partial charge in [-0.05, 0) is 49.6 Å². The third-order valence-electron chi connectivity index (χ3n) is 2.97.